The molecule has 182 valence electrons. The van der Waals surface area contributed by atoms with E-state index < -0.39 is 0 Å². The highest BCUT2D eigenvalue weighted by Gasteiger charge is 2.11. The second-order valence-electron chi connectivity index (χ2n) is 8.30. The van der Waals surface area contributed by atoms with Crippen molar-refractivity contribution in [3.8, 4) is 5.75 Å². The molecule has 0 fully saturated rings. The standard InChI is InChI=1S/C30H27BrN2O3/c31-27-20-24(15-16-28(27)36-19-18-23-10-5-2-6-11-23)30(35)33-26-13-7-12-25(21-26)32-29(34)17-14-22-8-3-1-4-9-22/h1-13,15-16,20-21H,14,17-19H2,(H,32,34)(H,33,35). The van der Waals surface area contributed by atoms with Gasteiger partial charge in [0.25, 0.3) is 5.91 Å². The number of ether oxygens (including phenoxy) is 1. The Bertz CT molecular complexity index is 1310. The number of amides is 2. The number of carbonyl (C=O) groups excluding carboxylic acids is 2. The Kier molecular flexibility index (Phi) is 8.89. The largest absolute Gasteiger partial charge is 0.492 e. The van der Waals surface area contributed by atoms with Crippen molar-refractivity contribution in [2.24, 2.45) is 0 Å². The van der Waals surface area contributed by atoms with Crippen LogP contribution in [0, 0.1) is 0 Å². The van der Waals surface area contributed by atoms with Crippen molar-refractivity contribution in [2.45, 2.75) is 19.3 Å². The summed E-state index contributed by atoms with van der Waals surface area (Å²) in [5.74, 6) is 0.357. The van der Waals surface area contributed by atoms with Crippen LogP contribution in [0.2, 0.25) is 0 Å². The highest BCUT2D eigenvalue weighted by atomic mass is 79.9. The highest BCUT2D eigenvalue weighted by Crippen LogP contribution is 2.27. The molecule has 4 rings (SSSR count). The Balaban J connectivity index is 1.29. The van der Waals surface area contributed by atoms with Gasteiger partial charge < -0.3 is 15.4 Å². The van der Waals surface area contributed by atoms with Crippen molar-refractivity contribution in [1.29, 1.82) is 0 Å². The minimum atomic E-state index is -0.251. The maximum absolute atomic E-state index is 12.8. The number of hydrogen-bond acceptors (Lipinski definition) is 3. The summed E-state index contributed by atoms with van der Waals surface area (Å²) < 4.78 is 6.59. The molecule has 0 aliphatic rings. The lowest BCUT2D eigenvalue weighted by atomic mass is 10.1. The van der Waals surface area contributed by atoms with Gasteiger partial charge >= 0.3 is 0 Å². The van der Waals surface area contributed by atoms with Crippen LogP contribution >= 0.6 is 15.9 Å². The maximum Gasteiger partial charge on any atom is 0.255 e. The number of halogens is 1. The Morgan fingerprint density at radius 3 is 2.00 bits per heavy atom. The first-order chi connectivity index (χ1) is 17.6. The van der Waals surface area contributed by atoms with Crippen LogP contribution in [0.25, 0.3) is 0 Å². The van der Waals surface area contributed by atoms with E-state index in [9.17, 15) is 9.59 Å². The van der Waals surface area contributed by atoms with Crippen molar-refractivity contribution in [3.63, 3.8) is 0 Å². The molecule has 36 heavy (non-hydrogen) atoms. The number of hydrogen-bond donors (Lipinski definition) is 2. The predicted molar refractivity (Wildman–Crippen MR) is 148 cm³/mol. The van der Waals surface area contributed by atoms with Gasteiger partial charge in [0, 0.05) is 29.8 Å². The fourth-order valence-electron chi connectivity index (χ4n) is 3.69. The second kappa shape index (κ2) is 12.7. The molecule has 5 nitrogen and oxygen atoms in total. The summed E-state index contributed by atoms with van der Waals surface area (Å²) in [5, 5.41) is 5.79. The van der Waals surface area contributed by atoms with Crippen molar-refractivity contribution >= 4 is 39.1 Å². The van der Waals surface area contributed by atoms with Gasteiger partial charge in [0.15, 0.2) is 0 Å². The molecule has 2 N–H and O–H groups in total. The van der Waals surface area contributed by atoms with E-state index in [1.807, 2.05) is 48.5 Å². The van der Waals surface area contributed by atoms with Gasteiger partial charge in [-0.05, 0) is 69.9 Å². The molecular weight excluding hydrogens is 516 g/mol. The van der Waals surface area contributed by atoms with E-state index in [-0.39, 0.29) is 11.8 Å². The van der Waals surface area contributed by atoms with Crippen molar-refractivity contribution < 1.29 is 14.3 Å². The first kappa shape index (κ1) is 25.2. The van der Waals surface area contributed by atoms with Crippen LogP contribution in [-0.4, -0.2) is 18.4 Å². The molecule has 4 aromatic rings. The number of aryl methyl sites for hydroxylation is 1. The molecule has 0 aliphatic carbocycles. The topological polar surface area (TPSA) is 67.4 Å². The summed E-state index contributed by atoms with van der Waals surface area (Å²) in [7, 11) is 0. The van der Waals surface area contributed by atoms with Gasteiger partial charge in [-0.3, -0.25) is 9.59 Å². The Labute approximate surface area is 219 Å². The van der Waals surface area contributed by atoms with Crippen molar-refractivity contribution in [3.05, 3.63) is 124 Å². The maximum atomic E-state index is 12.8. The summed E-state index contributed by atoms with van der Waals surface area (Å²) in [6.45, 7) is 0.540. The monoisotopic (exact) mass is 542 g/mol. The first-order valence-corrected chi connectivity index (χ1v) is 12.6. The van der Waals surface area contributed by atoms with E-state index in [4.69, 9.17) is 4.74 Å². The van der Waals surface area contributed by atoms with E-state index in [0.717, 1.165) is 12.0 Å². The molecule has 0 aromatic heterocycles. The van der Waals surface area contributed by atoms with Crippen LogP contribution < -0.4 is 15.4 Å². The summed E-state index contributed by atoms with van der Waals surface area (Å²) in [5.41, 5.74) is 4.05. The van der Waals surface area contributed by atoms with E-state index in [0.29, 0.717) is 46.6 Å². The first-order valence-electron chi connectivity index (χ1n) is 11.8. The second-order valence-corrected chi connectivity index (χ2v) is 9.15. The zero-order valence-electron chi connectivity index (χ0n) is 19.7. The van der Waals surface area contributed by atoms with Gasteiger partial charge in [-0.2, -0.15) is 0 Å². The minimum absolute atomic E-state index is 0.0749. The van der Waals surface area contributed by atoms with Gasteiger partial charge in [-0.15, -0.1) is 0 Å². The molecule has 0 atom stereocenters. The molecule has 0 saturated carbocycles. The van der Waals surface area contributed by atoms with Crippen molar-refractivity contribution in [1.82, 2.24) is 0 Å². The van der Waals surface area contributed by atoms with Crippen LogP contribution in [0.1, 0.15) is 27.9 Å². The van der Waals surface area contributed by atoms with Crippen LogP contribution in [0.5, 0.6) is 5.75 Å². The third-order valence-corrected chi connectivity index (χ3v) is 6.19. The predicted octanol–water partition coefficient (Wildman–Crippen LogP) is 6.89. The summed E-state index contributed by atoms with van der Waals surface area (Å²) >= 11 is 3.51. The average Bonchev–Trinajstić information content (AvgIpc) is 2.90. The van der Waals surface area contributed by atoms with Crippen LogP contribution in [0.15, 0.2) is 108 Å². The van der Waals surface area contributed by atoms with Crippen LogP contribution in [0.3, 0.4) is 0 Å². The Morgan fingerprint density at radius 1 is 0.694 bits per heavy atom. The number of rotatable bonds is 10. The van der Waals surface area contributed by atoms with Gasteiger partial charge in [0.05, 0.1) is 11.1 Å². The number of anilines is 2. The highest BCUT2D eigenvalue weighted by molar-refractivity contribution is 9.10. The molecule has 6 heteroatoms. The molecular formula is C30H27BrN2O3. The SMILES string of the molecule is O=C(CCc1ccccc1)Nc1cccc(NC(=O)c2ccc(OCCc3ccccc3)c(Br)c2)c1. The van der Waals surface area contributed by atoms with Crippen LogP contribution in [0.4, 0.5) is 11.4 Å². The third kappa shape index (κ3) is 7.55. The van der Waals surface area contributed by atoms with E-state index in [2.05, 4.69) is 38.7 Å². The van der Waals surface area contributed by atoms with Gasteiger partial charge in [0.1, 0.15) is 5.75 Å². The van der Waals surface area contributed by atoms with Gasteiger partial charge in [-0.25, -0.2) is 0 Å². The molecule has 2 amide bonds. The summed E-state index contributed by atoms with van der Waals surface area (Å²) in [4.78, 5) is 25.2. The lowest BCUT2D eigenvalue weighted by Crippen LogP contribution is -2.14. The molecule has 0 saturated heterocycles. The summed E-state index contributed by atoms with van der Waals surface area (Å²) in [6, 6.07) is 32.4. The van der Waals surface area contributed by atoms with Crippen LogP contribution in [-0.2, 0) is 17.6 Å². The Morgan fingerprint density at radius 2 is 1.33 bits per heavy atom. The zero-order valence-corrected chi connectivity index (χ0v) is 21.3. The van der Waals surface area contributed by atoms with Crippen molar-refractivity contribution in [2.75, 3.05) is 17.2 Å². The lowest BCUT2D eigenvalue weighted by Gasteiger charge is -2.11. The molecule has 0 heterocycles. The number of benzene rings is 4. The fourth-order valence-corrected chi connectivity index (χ4v) is 4.18. The average molecular weight is 543 g/mol. The van der Waals surface area contributed by atoms with Gasteiger partial charge in [0.2, 0.25) is 5.91 Å². The molecule has 0 unspecified atom stereocenters. The summed E-state index contributed by atoms with van der Waals surface area (Å²) in [6.07, 6.45) is 1.85. The van der Waals surface area contributed by atoms with E-state index in [1.54, 1.807) is 42.5 Å². The zero-order chi connectivity index (χ0) is 25.2. The molecule has 0 radical (unpaired) electrons. The molecule has 4 aromatic carbocycles. The third-order valence-electron chi connectivity index (χ3n) is 5.57. The number of carbonyl (C=O) groups is 2. The molecule has 0 spiro atoms. The minimum Gasteiger partial charge on any atom is -0.492 e. The van der Waals surface area contributed by atoms with Gasteiger partial charge in [-0.1, -0.05) is 66.7 Å². The number of nitrogens with one attached hydrogen (secondary N) is 2. The van der Waals surface area contributed by atoms with E-state index in [1.165, 1.54) is 5.56 Å². The quantitative estimate of drug-likeness (QED) is 0.229. The molecule has 0 bridgehead atoms. The fraction of sp³-hybridized carbons (Fsp3) is 0.133. The molecule has 0 aliphatic heterocycles. The van der Waals surface area contributed by atoms with E-state index >= 15 is 0 Å². The Hall–Kier alpha value is -3.90. The smallest absolute Gasteiger partial charge is 0.255 e. The lowest BCUT2D eigenvalue weighted by molar-refractivity contribution is -0.116. The normalized spacial score (nSPS) is 10.5.